The van der Waals surface area contributed by atoms with E-state index in [1.807, 2.05) is 6.07 Å². The zero-order chi connectivity index (χ0) is 15.6. The van der Waals surface area contributed by atoms with E-state index < -0.39 is 0 Å². The van der Waals surface area contributed by atoms with Gasteiger partial charge in [-0.2, -0.15) is 0 Å². The second-order valence-corrected chi connectivity index (χ2v) is 6.68. The molecule has 0 spiro atoms. The van der Waals surface area contributed by atoms with Crippen LogP contribution in [0, 0.1) is 5.92 Å². The topological polar surface area (TPSA) is 25.8 Å². The third-order valence-electron chi connectivity index (χ3n) is 5.13. The molecule has 0 unspecified atom stereocenters. The molecular formula is C21H22N2. The first kappa shape index (κ1) is 14.4. The first-order valence-corrected chi connectivity index (χ1v) is 8.65. The van der Waals surface area contributed by atoms with E-state index in [-0.39, 0.29) is 0 Å². The van der Waals surface area contributed by atoms with Crippen LogP contribution in [0.15, 0.2) is 54.6 Å². The second-order valence-electron chi connectivity index (χ2n) is 6.68. The van der Waals surface area contributed by atoms with Crippen molar-refractivity contribution in [1.82, 2.24) is 9.97 Å². The molecule has 2 atom stereocenters. The minimum Gasteiger partial charge on any atom is -0.232 e. The van der Waals surface area contributed by atoms with Gasteiger partial charge in [-0.3, -0.25) is 0 Å². The summed E-state index contributed by atoms with van der Waals surface area (Å²) in [5.41, 5.74) is 3.42. The fraction of sp³-hybridized carbons (Fsp3) is 0.333. The highest BCUT2D eigenvalue weighted by atomic mass is 14.9. The Morgan fingerprint density at radius 1 is 0.826 bits per heavy atom. The third-order valence-corrected chi connectivity index (χ3v) is 5.13. The number of hydrogen-bond donors (Lipinski definition) is 0. The van der Waals surface area contributed by atoms with Crippen molar-refractivity contribution in [1.29, 1.82) is 0 Å². The van der Waals surface area contributed by atoms with Crippen LogP contribution in [0.4, 0.5) is 0 Å². The Morgan fingerprint density at radius 2 is 1.57 bits per heavy atom. The summed E-state index contributed by atoms with van der Waals surface area (Å²) < 4.78 is 0. The Kier molecular flexibility index (Phi) is 3.82. The predicted molar refractivity (Wildman–Crippen MR) is 95.3 cm³/mol. The lowest BCUT2D eigenvalue weighted by Gasteiger charge is -2.29. The lowest BCUT2D eigenvalue weighted by molar-refractivity contribution is 0.327. The average molecular weight is 302 g/mol. The molecule has 116 valence electrons. The van der Waals surface area contributed by atoms with Gasteiger partial charge < -0.3 is 0 Å². The SMILES string of the molecule is C[C@@H]1CCCC[C@@H]1c1nc(-c2ccccc2)nc2ccccc12. The van der Waals surface area contributed by atoms with Crippen LogP contribution in [0.2, 0.25) is 0 Å². The number of nitrogens with zero attached hydrogens (tertiary/aromatic N) is 2. The summed E-state index contributed by atoms with van der Waals surface area (Å²) >= 11 is 0. The standard InChI is InChI=1S/C21H22N2/c1-15-9-5-6-12-17(15)20-18-13-7-8-14-19(18)22-21(23-20)16-10-3-2-4-11-16/h2-4,7-8,10-11,13-15,17H,5-6,9,12H2,1H3/t15-,17+/m1/s1. The van der Waals surface area contributed by atoms with Crippen LogP contribution in [0.5, 0.6) is 0 Å². The fourth-order valence-electron chi connectivity index (χ4n) is 3.82. The van der Waals surface area contributed by atoms with Crippen molar-refractivity contribution in [2.45, 2.75) is 38.5 Å². The molecule has 4 rings (SSSR count). The molecule has 23 heavy (non-hydrogen) atoms. The molecule has 3 aromatic rings. The summed E-state index contributed by atoms with van der Waals surface area (Å²) in [5, 5.41) is 1.23. The zero-order valence-electron chi connectivity index (χ0n) is 13.6. The fourth-order valence-corrected chi connectivity index (χ4v) is 3.82. The normalized spacial score (nSPS) is 21.4. The van der Waals surface area contributed by atoms with Gasteiger partial charge in [0.1, 0.15) is 0 Å². The molecule has 1 heterocycles. The molecule has 1 fully saturated rings. The predicted octanol–water partition coefficient (Wildman–Crippen LogP) is 5.59. The van der Waals surface area contributed by atoms with Crippen LogP contribution in [0.3, 0.4) is 0 Å². The number of para-hydroxylation sites is 1. The van der Waals surface area contributed by atoms with E-state index in [1.54, 1.807) is 0 Å². The lowest BCUT2D eigenvalue weighted by atomic mass is 9.77. The number of fused-ring (bicyclic) bond motifs is 1. The van der Waals surface area contributed by atoms with Gasteiger partial charge in [-0.15, -0.1) is 0 Å². The van der Waals surface area contributed by atoms with Crippen LogP contribution in [0.25, 0.3) is 22.3 Å². The van der Waals surface area contributed by atoms with E-state index >= 15 is 0 Å². The van der Waals surface area contributed by atoms with Gasteiger partial charge in [-0.1, -0.05) is 74.7 Å². The molecule has 0 N–H and O–H groups in total. The lowest BCUT2D eigenvalue weighted by Crippen LogP contribution is -2.17. The Morgan fingerprint density at radius 3 is 2.39 bits per heavy atom. The molecule has 2 nitrogen and oxygen atoms in total. The second kappa shape index (κ2) is 6.11. The molecule has 0 aliphatic heterocycles. The van der Waals surface area contributed by atoms with E-state index in [0.717, 1.165) is 16.9 Å². The summed E-state index contributed by atoms with van der Waals surface area (Å²) in [6, 6.07) is 18.8. The number of hydrogen-bond acceptors (Lipinski definition) is 2. The monoisotopic (exact) mass is 302 g/mol. The largest absolute Gasteiger partial charge is 0.232 e. The number of rotatable bonds is 2. The van der Waals surface area contributed by atoms with E-state index in [2.05, 4.69) is 55.5 Å². The maximum Gasteiger partial charge on any atom is 0.160 e. The summed E-state index contributed by atoms with van der Waals surface area (Å²) in [5.74, 6) is 2.11. The highest BCUT2D eigenvalue weighted by molar-refractivity contribution is 5.83. The first-order chi connectivity index (χ1) is 11.3. The minimum atomic E-state index is 0.555. The van der Waals surface area contributed by atoms with Crippen molar-refractivity contribution in [3.8, 4) is 11.4 Å². The van der Waals surface area contributed by atoms with Crippen LogP contribution in [0.1, 0.15) is 44.2 Å². The van der Waals surface area contributed by atoms with Crippen LogP contribution < -0.4 is 0 Å². The molecular weight excluding hydrogens is 280 g/mol. The molecule has 1 saturated carbocycles. The molecule has 0 saturated heterocycles. The van der Waals surface area contributed by atoms with Crippen LogP contribution >= 0.6 is 0 Å². The maximum atomic E-state index is 5.03. The maximum absolute atomic E-state index is 5.03. The zero-order valence-corrected chi connectivity index (χ0v) is 13.6. The van der Waals surface area contributed by atoms with Gasteiger partial charge in [-0.25, -0.2) is 9.97 Å². The van der Waals surface area contributed by atoms with E-state index in [9.17, 15) is 0 Å². The van der Waals surface area contributed by atoms with Gasteiger partial charge in [0.15, 0.2) is 5.82 Å². The van der Waals surface area contributed by atoms with Gasteiger partial charge in [0, 0.05) is 16.9 Å². The Hall–Kier alpha value is -2.22. The van der Waals surface area contributed by atoms with Crippen molar-refractivity contribution in [2.75, 3.05) is 0 Å². The number of benzene rings is 2. The Balaban J connectivity index is 1.91. The smallest absolute Gasteiger partial charge is 0.160 e. The molecule has 1 aromatic heterocycles. The third kappa shape index (κ3) is 2.74. The summed E-state index contributed by atoms with van der Waals surface area (Å²) in [6.07, 6.45) is 5.22. The molecule has 2 heteroatoms. The van der Waals surface area contributed by atoms with Crippen molar-refractivity contribution in [3.05, 3.63) is 60.3 Å². The average Bonchev–Trinajstić information content (AvgIpc) is 2.62. The summed E-state index contributed by atoms with van der Waals surface area (Å²) in [4.78, 5) is 9.85. The Bertz CT molecular complexity index is 810. The first-order valence-electron chi connectivity index (χ1n) is 8.65. The van der Waals surface area contributed by atoms with E-state index in [0.29, 0.717) is 11.8 Å². The highest BCUT2D eigenvalue weighted by Gasteiger charge is 2.26. The molecule has 0 amide bonds. The van der Waals surface area contributed by atoms with E-state index in [4.69, 9.17) is 9.97 Å². The molecule has 0 bridgehead atoms. The van der Waals surface area contributed by atoms with Gasteiger partial charge in [0.2, 0.25) is 0 Å². The van der Waals surface area contributed by atoms with Gasteiger partial charge in [0.05, 0.1) is 11.2 Å². The Labute approximate surface area is 137 Å². The van der Waals surface area contributed by atoms with Gasteiger partial charge in [-0.05, 0) is 18.4 Å². The van der Waals surface area contributed by atoms with Gasteiger partial charge >= 0.3 is 0 Å². The molecule has 0 radical (unpaired) electrons. The van der Waals surface area contributed by atoms with Crippen molar-refractivity contribution in [2.24, 2.45) is 5.92 Å². The molecule has 1 aliphatic rings. The van der Waals surface area contributed by atoms with Crippen molar-refractivity contribution in [3.63, 3.8) is 0 Å². The highest BCUT2D eigenvalue weighted by Crippen LogP contribution is 2.39. The van der Waals surface area contributed by atoms with Gasteiger partial charge in [0.25, 0.3) is 0 Å². The van der Waals surface area contributed by atoms with Crippen molar-refractivity contribution >= 4 is 10.9 Å². The molecule has 2 aromatic carbocycles. The quantitative estimate of drug-likeness (QED) is 0.616. The molecule has 1 aliphatic carbocycles. The summed E-state index contributed by atoms with van der Waals surface area (Å²) in [7, 11) is 0. The number of aromatic nitrogens is 2. The minimum absolute atomic E-state index is 0.555. The van der Waals surface area contributed by atoms with Crippen molar-refractivity contribution < 1.29 is 0 Å². The summed E-state index contributed by atoms with van der Waals surface area (Å²) in [6.45, 7) is 2.38. The van der Waals surface area contributed by atoms with Crippen LogP contribution in [-0.2, 0) is 0 Å². The van der Waals surface area contributed by atoms with Crippen LogP contribution in [-0.4, -0.2) is 9.97 Å². The van der Waals surface area contributed by atoms with E-state index in [1.165, 1.54) is 36.8 Å².